The smallest absolute Gasteiger partial charge is 0.223 e. The second kappa shape index (κ2) is 10.0. The summed E-state index contributed by atoms with van der Waals surface area (Å²) in [5.74, 6) is 1.06. The Balaban J connectivity index is 1.89. The van der Waals surface area contributed by atoms with Gasteiger partial charge in [0, 0.05) is 0 Å². The van der Waals surface area contributed by atoms with Crippen LogP contribution in [0.4, 0.5) is 5.95 Å². The molecule has 0 saturated heterocycles. The van der Waals surface area contributed by atoms with Crippen LogP contribution in [0.3, 0.4) is 0 Å². The molecule has 3 rings (SSSR count). The Morgan fingerprint density at radius 1 is 1.29 bits per heavy atom. The van der Waals surface area contributed by atoms with Crippen molar-refractivity contribution in [1.82, 2.24) is 19.5 Å². The summed E-state index contributed by atoms with van der Waals surface area (Å²) in [4.78, 5) is 14.3. The summed E-state index contributed by atoms with van der Waals surface area (Å²) in [6, 6.07) is 7.94. The lowest BCUT2D eigenvalue weighted by molar-refractivity contribution is 0.0912. The summed E-state index contributed by atoms with van der Waals surface area (Å²) in [5, 5.41) is 0.715. The van der Waals surface area contributed by atoms with Crippen LogP contribution in [0.5, 0.6) is 5.75 Å². The van der Waals surface area contributed by atoms with Crippen LogP contribution in [-0.4, -0.2) is 38.6 Å². The van der Waals surface area contributed by atoms with Crippen LogP contribution >= 0.6 is 21.0 Å². The zero-order chi connectivity index (χ0) is 19.9. The molecule has 1 aromatic carbocycles. The van der Waals surface area contributed by atoms with Crippen molar-refractivity contribution in [2.45, 2.75) is 49.3 Å². The maximum atomic E-state index is 5.99. The Bertz CT molecular complexity index is 920. The molecule has 0 aliphatic carbocycles. The SMILES string of the molecule is CCCCOc1ccccc1Sc1nc(N)nc2c1ncn2CC(C)OCP. The number of hydrogen-bond acceptors (Lipinski definition) is 7. The van der Waals surface area contributed by atoms with Crippen molar-refractivity contribution in [1.29, 1.82) is 0 Å². The number of fused-ring (bicyclic) bond motifs is 1. The van der Waals surface area contributed by atoms with Gasteiger partial charge >= 0.3 is 0 Å². The average molecular weight is 419 g/mol. The third-order valence-electron chi connectivity index (χ3n) is 4.09. The summed E-state index contributed by atoms with van der Waals surface area (Å²) in [6.45, 7) is 5.49. The van der Waals surface area contributed by atoms with Crippen LogP contribution in [-0.2, 0) is 11.3 Å². The number of hydrogen-bond donors (Lipinski definition) is 1. The number of nitrogens with two attached hydrogens (primary N) is 1. The molecule has 7 nitrogen and oxygen atoms in total. The van der Waals surface area contributed by atoms with Crippen LogP contribution in [0.25, 0.3) is 11.2 Å². The molecule has 0 bridgehead atoms. The minimum absolute atomic E-state index is 0.0369. The predicted molar refractivity (Wildman–Crippen MR) is 116 cm³/mol. The lowest BCUT2D eigenvalue weighted by atomic mass is 10.3. The number of unbranched alkanes of at least 4 members (excludes halogenated alkanes) is 1. The lowest BCUT2D eigenvalue weighted by Crippen LogP contribution is -2.15. The molecule has 3 aromatic rings. The number of aromatic nitrogens is 4. The first-order valence-corrected chi connectivity index (χ1v) is 10.9. The van der Waals surface area contributed by atoms with Gasteiger partial charge in [-0.15, -0.1) is 9.24 Å². The Morgan fingerprint density at radius 3 is 2.89 bits per heavy atom. The molecule has 2 atom stereocenters. The first-order valence-electron chi connectivity index (χ1n) is 9.32. The third kappa shape index (κ3) is 5.13. The van der Waals surface area contributed by atoms with Crippen molar-refractivity contribution in [2.24, 2.45) is 0 Å². The lowest BCUT2D eigenvalue weighted by Gasteiger charge is -2.13. The highest BCUT2D eigenvalue weighted by Gasteiger charge is 2.16. The first kappa shape index (κ1) is 20.8. The van der Waals surface area contributed by atoms with Gasteiger partial charge in [0.15, 0.2) is 5.65 Å². The van der Waals surface area contributed by atoms with E-state index in [2.05, 4.69) is 31.1 Å². The number of ether oxygens (including phenoxy) is 2. The van der Waals surface area contributed by atoms with E-state index in [1.165, 1.54) is 11.8 Å². The number of para-hydroxylation sites is 1. The van der Waals surface area contributed by atoms with E-state index in [0.29, 0.717) is 30.2 Å². The van der Waals surface area contributed by atoms with E-state index < -0.39 is 0 Å². The van der Waals surface area contributed by atoms with E-state index >= 15 is 0 Å². The normalized spacial score (nSPS) is 12.4. The topological polar surface area (TPSA) is 88.1 Å². The zero-order valence-corrected chi connectivity index (χ0v) is 18.1. The molecule has 2 unspecified atom stereocenters. The molecule has 28 heavy (non-hydrogen) atoms. The van der Waals surface area contributed by atoms with Gasteiger partial charge < -0.3 is 19.8 Å². The molecule has 2 heterocycles. The van der Waals surface area contributed by atoms with Gasteiger partial charge in [-0.2, -0.15) is 4.98 Å². The van der Waals surface area contributed by atoms with Crippen LogP contribution in [0, 0.1) is 0 Å². The van der Waals surface area contributed by atoms with Gasteiger partial charge in [-0.25, -0.2) is 9.97 Å². The summed E-state index contributed by atoms with van der Waals surface area (Å²) >= 11 is 1.49. The standard InChI is InChI=1S/C19H26N5O2PS/c1-3-4-9-25-14-7-5-6-8-15(14)28-18-16-17(22-19(20)23-18)24(11-21-16)10-13(2)26-12-27/h5-8,11,13H,3-4,9-10,12,27H2,1-2H3,(H2,20,22,23). The summed E-state index contributed by atoms with van der Waals surface area (Å²) in [5.41, 5.74) is 7.42. The van der Waals surface area contributed by atoms with E-state index in [9.17, 15) is 0 Å². The number of nitrogen functional groups attached to an aromatic ring is 1. The maximum Gasteiger partial charge on any atom is 0.223 e. The van der Waals surface area contributed by atoms with Crippen LogP contribution in [0.15, 0.2) is 40.5 Å². The molecular formula is C19H26N5O2PS. The molecule has 150 valence electrons. The highest BCUT2D eigenvalue weighted by atomic mass is 32.2. The van der Waals surface area contributed by atoms with Crippen molar-refractivity contribution in [3.05, 3.63) is 30.6 Å². The van der Waals surface area contributed by atoms with E-state index in [0.717, 1.165) is 29.0 Å². The van der Waals surface area contributed by atoms with Crippen molar-refractivity contribution < 1.29 is 9.47 Å². The van der Waals surface area contributed by atoms with Crippen LogP contribution in [0.1, 0.15) is 26.7 Å². The van der Waals surface area contributed by atoms with Crippen molar-refractivity contribution >= 4 is 38.1 Å². The van der Waals surface area contributed by atoms with Crippen molar-refractivity contribution in [3.8, 4) is 5.75 Å². The second-order valence-corrected chi connectivity index (χ2v) is 7.71. The zero-order valence-electron chi connectivity index (χ0n) is 16.2. The number of anilines is 1. The second-order valence-electron chi connectivity index (χ2n) is 6.35. The van der Waals surface area contributed by atoms with Gasteiger partial charge in [0.1, 0.15) is 16.3 Å². The number of nitrogens with zero attached hydrogens (tertiary/aromatic N) is 4. The molecule has 9 heteroatoms. The molecule has 0 saturated carbocycles. The Labute approximate surface area is 171 Å². The van der Waals surface area contributed by atoms with Gasteiger partial charge in [0.25, 0.3) is 0 Å². The van der Waals surface area contributed by atoms with Gasteiger partial charge in [-0.1, -0.05) is 37.2 Å². The molecule has 0 aliphatic rings. The monoisotopic (exact) mass is 419 g/mol. The highest BCUT2D eigenvalue weighted by Crippen LogP contribution is 2.37. The number of rotatable bonds is 10. The van der Waals surface area contributed by atoms with Gasteiger partial charge in [0.2, 0.25) is 5.95 Å². The van der Waals surface area contributed by atoms with E-state index in [1.54, 1.807) is 6.33 Å². The first-order chi connectivity index (χ1) is 13.6. The van der Waals surface area contributed by atoms with Gasteiger partial charge in [0.05, 0.1) is 36.8 Å². The molecule has 0 amide bonds. The minimum Gasteiger partial charge on any atom is -0.492 e. The maximum absolute atomic E-state index is 5.99. The quantitative estimate of drug-likeness (QED) is 0.302. The fourth-order valence-electron chi connectivity index (χ4n) is 2.72. The summed E-state index contributed by atoms with van der Waals surface area (Å²) in [6.07, 6.45) is 4.49. The van der Waals surface area contributed by atoms with Gasteiger partial charge in [-0.05, 0) is 25.5 Å². The summed E-state index contributed by atoms with van der Waals surface area (Å²) in [7, 11) is 2.56. The largest absolute Gasteiger partial charge is 0.492 e. The van der Waals surface area contributed by atoms with E-state index in [4.69, 9.17) is 15.2 Å². The molecule has 0 spiro atoms. The fourth-order valence-corrected chi connectivity index (χ4v) is 4.01. The molecule has 2 aromatic heterocycles. The molecule has 0 fully saturated rings. The van der Waals surface area contributed by atoms with Crippen LogP contribution in [0.2, 0.25) is 0 Å². The van der Waals surface area contributed by atoms with Crippen LogP contribution < -0.4 is 10.5 Å². The predicted octanol–water partition coefficient (Wildman–Crippen LogP) is 3.98. The summed E-state index contributed by atoms with van der Waals surface area (Å²) < 4.78 is 13.5. The van der Waals surface area contributed by atoms with E-state index in [1.807, 2.05) is 35.8 Å². The molecule has 0 aliphatic heterocycles. The molecule has 2 N–H and O–H groups in total. The molecular weight excluding hydrogens is 393 g/mol. The average Bonchev–Trinajstić information content (AvgIpc) is 3.06. The molecule has 0 radical (unpaired) electrons. The van der Waals surface area contributed by atoms with Gasteiger partial charge in [-0.3, -0.25) is 0 Å². The Hall–Kier alpha value is -1.89. The number of imidazole rings is 1. The minimum atomic E-state index is 0.0369. The van der Waals surface area contributed by atoms with E-state index in [-0.39, 0.29) is 12.1 Å². The van der Waals surface area contributed by atoms with Crippen molar-refractivity contribution in [2.75, 3.05) is 18.7 Å². The highest BCUT2D eigenvalue weighted by molar-refractivity contribution is 7.99. The third-order valence-corrected chi connectivity index (χ3v) is 5.32. The fraction of sp³-hybridized carbons (Fsp3) is 0.421. The number of benzene rings is 1. The Kier molecular flexibility index (Phi) is 7.48. The van der Waals surface area contributed by atoms with Crippen molar-refractivity contribution in [3.63, 3.8) is 0 Å². The Morgan fingerprint density at radius 2 is 2.11 bits per heavy atom.